The van der Waals surface area contributed by atoms with Crippen molar-refractivity contribution in [2.75, 3.05) is 4.90 Å². The number of carbonyl (C=O) groups is 1. The van der Waals surface area contributed by atoms with Crippen LogP contribution in [-0.4, -0.2) is 10.5 Å². The summed E-state index contributed by atoms with van der Waals surface area (Å²) >= 11 is 0. The second-order valence-corrected chi connectivity index (χ2v) is 7.33. The Morgan fingerprint density at radius 1 is 0.929 bits per heavy atom. The Morgan fingerprint density at radius 3 is 2.50 bits per heavy atom. The van der Waals surface area contributed by atoms with Gasteiger partial charge in [-0.15, -0.1) is 0 Å². The number of carbonyl (C=O) groups excluding carboxylic acids is 1. The van der Waals surface area contributed by atoms with Gasteiger partial charge in [0, 0.05) is 35.3 Å². The fourth-order valence-corrected chi connectivity index (χ4v) is 4.27. The molecule has 0 radical (unpaired) electrons. The number of rotatable bonds is 2. The molecule has 4 heteroatoms. The van der Waals surface area contributed by atoms with E-state index in [0.29, 0.717) is 11.3 Å². The number of hydrogen-bond donors (Lipinski definition) is 0. The molecule has 1 aliphatic heterocycles. The van der Waals surface area contributed by atoms with Gasteiger partial charge in [-0.05, 0) is 42.3 Å². The third kappa shape index (κ3) is 2.31. The maximum absolute atomic E-state index is 14.9. The number of nitrogens with zero attached hydrogens (tertiary/aromatic N) is 2. The van der Waals surface area contributed by atoms with Crippen molar-refractivity contribution < 1.29 is 9.18 Å². The van der Waals surface area contributed by atoms with Crippen LogP contribution in [0.15, 0.2) is 72.9 Å². The normalized spacial score (nSPS) is 16.0. The van der Waals surface area contributed by atoms with Gasteiger partial charge in [-0.2, -0.15) is 0 Å². The van der Waals surface area contributed by atoms with Crippen LogP contribution in [0.4, 0.5) is 10.1 Å². The monoisotopic (exact) mass is 370 g/mol. The molecule has 0 aliphatic carbocycles. The van der Waals surface area contributed by atoms with E-state index in [0.717, 1.165) is 27.6 Å². The molecule has 1 unspecified atom stereocenters. The minimum Gasteiger partial charge on any atom is -0.350 e. The lowest BCUT2D eigenvalue weighted by molar-refractivity contribution is 0.0992. The van der Waals surface area contributed by atoms with E-state index >= 15 is 0 Å². The van der Waals surface area contributed by atoms with Gasteiger partial charge >= 0.3 is 0 Å². The Morgan fingerprint density at radius 2 is 1.68 bits per heavy atom. The lowest BCUT2D eigenvalue weighted by Crippen LogP contribution is -2.29. The summed E-state index contributed by atoms with van der Waals surface area (Å²) in [7, 11) is 1.99. The predicted molar refractivity (Wildman–Crippen MR) is 109 cm³/mol. The van der Waals surface area contributed by atoms with Gasteiger partial charge in [0.25, 0.3) is 5.91 Å². The minimum absolute atomic E-state index is 0.170. The summed E-state index contributed by atoms with van der Waals surface area (Å²) in [5.41, 5.74) is 4.75. The molecule has 138 valence electrons. The molecule has 28 heavy (non-hydrogen) atoms. The summed E-state index contributed by atoms with van der Waals surface area (Å²) < 4.78 is 17.0. The SMILES string of the molecule is Cc1ccc(N2C(=O)c3ccccc3C2c2cn(C)c3ccccc23)c(F)c1. The van der Waals surface area contributed by atoms with Crippen LogP contribution in [0.3, 0.4) is 0 Å². The van der Waals surface area contributed by atoms with Crippen LogP contribution < -0.4 is 4.90 Å². The molecule has 0 spiro atoms. The largest absolute Gasteiger partial charge is 0.350 e. The smallest absolute Gasteiger partial charge is 0.259 e. The third-order valence-corrected chi connectivity index (χ3v) is 5.55. The summed E-state index contributed by atoms with van der Waals surface area (Å²) in [4.78, 5) is 14.9. The van der Waals surface area contributed by atoms with E-state index in [4.69, 9.17) is 0 Å². The molecule has 4 aromatic rings. The highest BCUT2D eigenvalue weighted by Gasteiger charge is 2.40. The highest BCUT2D eigenvalue weighted by atomic mass is 19.1. The number of fused-ring (bicyclic) bond motifs is 2. The predicted octanol–water partition coefficient (Wildman–Crippen LogP) is 5.38. The average molecular weight is 370 g/mol. The molecule has 1 aliphatic rings. The number of benzene rings is 3. The standard InChI is InChI=1S/C24H19FN2O/c1-15-11-12-22(20(25)13-15)27-23(17-8-3-4-9-18(17)24(27)28)19-14-26(2)21-10-6-5-7-16(19)21/h3-14,23H,1-2H3. The quantitative estimate of drug-likeness (QED) is 0.465. The van der Waals surface area contributed by atoms with Crippen molar-refractivity contribution in [2.45, 2.75) is 13.0 Å². The molecule has 0 saturated heterocycles. The van der Waals surface area contributed by atoms with Crippen molar-refractivity contribution in [3.63, 3.8) is 0 Å². The first-order valence-electron chi connectivity index (χ1n) is 9.29. The molecular formula is C24H19FN2O. The molecule has 3 aromatic carbocycles. The van der Waals surface area contributed by atoms with Gasteiger partial charge < -0.3 is 4.57 Å². The van der Waals surface area contributed by atoms with Crippen molar-refractivity contribution in [1.29, 1.82) is 0 Å². The summed E-state index contributed by atoms with van der Waals surface area (Å²) in [6, 6.07) is 20.3. The number of amides is 1. The zero-order valence-electron chi connectivity index (χ0n) is 15.7. The number of para-hydroxylation sites is 1. The summed E-state index contributed by atoms with van der Waals surface area (Å²) in [6.07, 6.45) is 2.05. The van der Waals surface area contributed by atoms with E-state index in [-0.39, 0.29) is 17.8 Å². The number of aromatic nitrogens is 1. The number of halogens is 1. The molecule has 5 rings (SSSR count). The first kappa shape index (κ1) is 16.8. The van der Waals surface area contributed by atoms with Crippen molar-refractivity contribution >= 4 is 22.5 Å². The zero-order chi connectivity index (χ0) is 19.4. The maximum Gasteiger partial charge on any atom is 0.259 e. The van der Waals surface area contributed by atoms with Gasteiger partial charge in [-0.1, -0.05) is 42.5 Å². The van der Waals surface area contributed by atoms with Crippen LogP contribution in [0.5, 0.6) is 0 Å². The van der Waals surface area contributed by atoms with Crippen LogP contribution in [-0.2, 0) is 7.05 Å². The zero-order valence-corrected chi connectivity index (χ0v) is 15.7. The van der Waals surface area contributed by atoms with E-state index in [1.807, 2.05) is 62.6 Å². The number of hydrogen-bond acceptors (Lipinski definition) is 1. The van der Waals surface area contributed by atoms with E-state index in [9.17, 15) is 9.18 Å². The van der Waals surface area contributed by atoms with E-state index in [2.05, 4.69) is 16.7 Å². The number of anilines is 1. The van der Waals surface area contributed by atoms with Crippen molar-refractivity contribution in [3.8, 4) is 0 Å². The van der Waals surface area contributed by atoms with Crippen LogP contribution >= 0.6 is 0 Å². The highest BCUT2D eigenvalue weighted by molar-refractivity contribution is 6.12. The van der Waals surface area contributed by atoms with E-state index < -0.39 is 0 Å². The third-order valence-electron chi connectivity index (χ3n) is 5.55. The molecule has 2 heterocycles. The van der Waals surface area contributed by atoms with Crippen LogP contribution in [0.25, 0.3) is 10.9 Å². The van der Waals surface area contributed by atoms with Crippen LogP contribution in [0, 0.1) is 12.7 Å². The van der Waals surface area contributed by atoms with Crippen LogP contribution in [0.2, 0.25) is 0 Å². The lowest BCUT2D eigenvalue weighted by atomic mass is 9.97. The van der Waals surface area contributed by atoms with Crippen LogP contribution in [0.1, 0.15) is 33.1 Å². The highest BCUT2D eigenvalue weighted by Crippen LogP contribution is 2.44. The first-order valence-corrected chi connectivity index (χ1v) is 9.29. The fourth-order valence-electron chi connectivity index (χ4n) is 4.27. The van der Waals surface area contributed by atoms with Gasteiger partial charge in [0.05, 0.1) is 11.7 Å². The first-order chi connectivity index (χ1) is 13.6. The number of aryl methyl sites for hydroxylation is 2. The summed E-state index contributed by atoms with van der Waals surface area (Å²) in [5.74, 6) is -0.553. The molecular weight excluding hydrogens is 351 g/mol. The molecule has 3 nitrogen and oxygen atoms in total. The Kier molecular flexibility index (Phi) is 3.63. The lowest BCUT2D eigenvalue weighted by Gasteiger charge is -2.26. The van der Waals surface area contributed by atoms with Crippen molar-refractivity contribution in [3.05, 3.63) is 101 Å². The molecule has 1 atom stereocenters. The molecule has 0 N–H and O–H groups in total. The molecule has 0 saturated carbocycles. The topological polar surface area (TPSA) is 25.2 Å². The molecule has 0 bridgehead atoms. The molecule has 1 amide bonds. The van der Waals surface area contributed by atoms with Gasteiger partial charge in [-0.3, -0.25) is 9.69 Å². The Hall–Kier alpha value is -3.40. The maximum atomic E-state index is 14.9. The van der Waals surface area contributed by atoms with Crippen molar-refractivity contribution in [1.82, 2.24) is 4.57 Å². The molecule has 1 aromatic heterocycles. The van der Waals surface area contributed by atoms with E-state index in [1.165, 1.54) is 6.07 Å². The van der Waals surface area contributed by atoms with Gasteiger partial charge in [0.1, 0.15) is 5.82 Å². The average Bonchev–Trinajstić information content (AvgIpc) is 3.17. The van der Waals surface area contributed by atoms with Crippen molar-refractivity contribution in [2.24, 2.45) is 7.05 Å². The molecule has 0 fully saturated rings. The van der Waals surface area contributed by atoms with Gasteiger partial charge in [-0.25, -0.2) is 4.39 Å². The Balaban J connectivity index is 1.80. The minimum atomic E-state index is -0.383. The fraction of sp³-hybridized carbons (Fsp3) is 0.125. The van der Waals surface area contributed by atoms with E-state index in [1.54, 1.807) is 11.0 Å². The van der Waals surface area contributed by atoms with Gasteiger partial charge in [0.2, 0.25) is 0 Å². The Labute approximate surface area is 162 Å². The second-order valence-electron chi connectivity index (χ2n) is 7.33. The van der Waals surface area contributed by atoms with Gasteiger partial charge in [0.15, 0.2) is 0 Å². The Bertz CT molecular complexity index is 1240. The second kappa shape index (κ2) is 6.06. The summed E-state index contributed by atoms with van der Waals surface area (Å²) in [6.45, 7) is 1.84. The summed E-state index contributed by atoms with van der Waals surface area (Å²) in [5, 5.41) is 1.07.